The fourth-order valence-electron chi connectivity index (χ4n) is 2.39. The zero-order valence-electron chi connectivity index (χ0n) is 9.24. The van der Waals surface area contributed by atoms with Crippen LogP contribution in [0.25, 0.3) is 0 Å². The summed E-state index contributed by atoms with van der Waals surface area (Å²) >= 11 is 0. The highest BCUT2D eigenvalue weighted by molar-refractivity contribution is 5.28. The van der Waals surface area contributed by atoms with Gasteiger partial charge in [-0.25, -0.2) is 0 Å². The van der Waals surface area contributed by atoms with Gasteiger partial charge in [-0.2, -0.15) is 0 Å². The molecule has 1 unspecified atom stereocenters. The molecule has 0 aliphatic carbocycles. The number of rotatable bonds is 2. The normalized spacial score (nSPS) is 20.1. The van der Waals surface area contributed by atoms with Crippen molar-refractivity contribution in [1.82, 2.24) is 5.32 Å². The van der Waals surface area contributed by atoms with E-state index in [2.05, 4.69) is 12.2 Å². The molecule has 15 heavy (non-hydrogen) atoms. The lowest BCUT2D eigenvalue weighted by Crippen LogP contribution is -2.30. The van der Waals surface area contributed by atoms with Crippen molar-refractivity contribution in [1.29, 1.82) is 0 Å². The van der Waals surface area contributed by atoms with Gasteiger partial charge in [0, 0.05) is 0 Å². The van der Waals surface area contributed by atoms with Crippen LogP contribution in [0.15, 0.2) is 24.3 Å². The van der Waals surface area contributed by atoms with Gasteiger partial charge in [0.25, 0.3) is 0 Å². The molecule has 2 nitrogen and oxygen atoms in total. The molecule has 0 bridgehead atoms. The molecular formula is C13H19NO. The minimum absolute atomic E-state index is 0.358. The highest BCUT2D eigenvalue weighted by atomic mass is 16.3. The van der Waals surface area contributed by atoms with Gasteiger partial charge >= 0.3 is 0 Å². The van der Waals surface area contributed by atoms with Crippen LogP contribution in [-0.4, -0.2) is 18.2 Å². The number of benzene rings is 1. The van der Waals surface area contributed by atoms with Crippen molar-refractivity contribution in [3.8, 4) is 5.75 Å². The molecule has 1 heterocycles. The molecule has 1 aliphatic heterocycles. The molecule has 1 aliphatic rings. The van der Waals surface area contributed by atoms with Crippen LogP contribution in [0.4, 0.5) is 0 Å². The first kappa shape index (κ1) is 10.5. The van der Waals surface area contributed by atoms with Crippen molar-refractivity contribution in [3.63, 3.8) is 0 Å². The lowest BCUT2D eigenvalue weighted by molar-refractivity contribution is 0.330. The van der Waals surface area contributed by atoms with Crippen LogP contribution in [0.3, 0.4) is 0 Å². The number of piperidine rings is 1. The highest BCUT2D eigenvalue weighted by Crippen LogP contribution is 2.31. The van der Waals surface area contributed by atoms with Gasteiger partial charge in [0.05, 0.1) is 0 Å². The van der Waals surface area contributed by atoms with Crippen molar-refractivity contribution in [2.45, 2.75) is 25.7 Å². The van der Waals surface area contributed by atoms with E-state index in [4.69, 9.17) is 0 Å². The molecule has 0 amide bonds. The Kier molecular flexibility index (Phi) is 3.27. The summed E-state index contributed by atoms with van der Waals surface area (Å²) in [4.78, 5) is 0. The summed E-state index contributed by atoms with van der Waals surface area (Å²) < 4.78 is 0. The van der Waals surface area contributed by atoms with E-state index in [9.17, 15) is 5.11 Å². The third-order valence-corrected chi connectivity index (χ3v) is 3.51. The van der Waals surface area contributed by atoms with E-state index >= 15 is 0 Å². The number of aromatic hydroxyl groups is 1. The smallest absolute Gasteiger partial charge is 0.115 e. The number of hydrogen-bond donors (Lipinski definition) is 2. The summed E-state index contributed by atoms with van der Waals surface area (Å²) in [7, 11) is 0. The van der Waals surface area contributed by atoms with Crippen molar-refractivity contribution in [3.05, 3.63) is 29.8 Å². The summed E-state index contributed by atoms with van der Waals surface area (Å²) in [6, 6.07) is 7.66. The first-order valence-corrected chi connectivity index (χ1v) is 5.77. The zero-order chi connectivity index (χ0) is 10.7. The van der Waals surface area contributed by atoms with Crippen molar-refractivity contribution in [2.75, 3.05) is 13.1 Å². The molecule has 1 atom stereocenters. The summed E-state index contributed by atoms with van der Waals surface area (Å²) in [6.07, 6.45) is 2.53. The van der Waals surface area contributed by atoms with E-state index < -0.39 is 0 Å². The molecule has 2 rings (SSSR count). The molecule has 0 saturated carbocycles. The van der Waals surface area contributed by atoms with Gasteiger partial charge in [-0.1, -0.05) is 19.1 Å². The molecule has 0 radical (unpaired) electrons. The van der Waals surface area contributed by atoms with E-state index in [0.29, 0.717) is 11.7 Å². The first-order chi connectivity index (χ1) is 7.27. The Morgan fingerprint density at radius 1 is 1.20 bits per heavy atom. The summed E-state index contributed by atoms with van der Waals surface area (Å²) in [6.45, 7) is 4.59. The Bertz CT molecular complexity index is 301. The maximum Gasteiger partial charge on any atom is 0.115 e. The fraction of sp³-hybridized carbons (Fsp3) is 0.538. The predicted molar refractivity (Wildman–Crippen MR) is 62.1 cm³/mol. The third-order valence-electron chi connectivity index (χ3n) is 3.51. The van der Waals surface area contributed by atoms with Crippen LogP contribution in [0, 0.1) is 5.92 Å². The van der Waals surface area contributed by atoms with Crippen LogP contribution in [0.2, 0.25) is 0 Å². The molecule has 82 valence electrons. The van der Waals surface area contributed by atoms with Gasteiger partial charge < -0.3 is 10.4 Å². The van der Waals surface area contributed by atoms with Gasteiger partial charge in [0.1, 0.15) is 5.75 Å². The second-order valence-electron chi connectivity index (χ2n) is 4.47. The quantitative estimate of drug-likeness (QED) is 0.777. The predicted octanol–water partition coefficient (Wildman–Crippen LogP) is 2.50. The second kappa shape index (κ2) is 4.67. The largest absolute Gasteiger partial charge is 0.508 e. The molecule has 1 aromatic carbocycles. The van der Waals surface area contributed by atoms with Crippen LogP contribution in [0.1, 0.15) is 31.2 Å². The monoisotopic (exact) mass is 205 g/mol. The van der Waals surface area contributed by atoms with E-state index in [0.717, 1.165) is 19.0 Å². The molecule has 1 aromatic rings. The number of phenols is 1. The molecule has 1 fully saturated rings. The number of nitrogens with one attached hydrogen (secondary N) is 1. The summed E-state index contributed by atoms with van der Waals surface area (Å²) in [5, 5.41) is 12.6. The Morgan fingerprint density at radius 3 is 2.40 bits per heavy atom. The Balaban J connectivity index is 2.05. The molecule has 0 spiro atoms. The number of hydrogen-bond acceptors (Lipinski definition) is 2. The number of phenolic OH excluding ortho intramolecular Hbond substituents is 1. The maximum absolute atomic E-state index is 9.24. The van der Waals surface area contributed by atoms with Crippen molar-refractivity contribution in [2.24, 2.45) is 5.92 Å². The van der Waals surface area contributed by atoms with Gasteiger partial charge in [0.2, 0.25) is 0 Å². The minimum atomic E-state index is 0.358. The van der Waals surface area contributed by atoms with Crippen molar-refractivity contribution >= 4 is 0 Å². The van der Waals surface area contributed by atoms with Crippen LogP contribution < -0.4 is 5.32 Å². The Morgan fingerprint density at radius 2 is 1.80 bits per heavy atom. The Hall–Kier alpha value is -1.02. The molecule has 2 N–H and O–H groups in total. The first-order valence-electron chi connectivity index (χ1n) is 5.77. The van der Waals surface area contributed by atoms with Crippen LogP contribution in [-0.2, 0) is 0 Å². The zero-order valence-corrected chi connectivity index (χ0v) is 9.24. The average Bonchev–Trinajstić information content (AvgIpc) is 2.30. The van der Waals surface area contributed by atoms with Gasteiger partial charge in [-0.05, 0) is 55.5 Å². The van der Waals surface area contributed by atoms with Crippen LogP contribution >= 0.6 is 0 Å². The average molecular weight is 205 g/mol. The maximum atomic E-state index is 9.24. The van der Waals surface area contributed by atoms with E-state index in [1.165, 1.54) is 18.4 Å². The topological polar surface area (TPSA) is 32.3 Å². The summed E-state index contributed by atoms with van der Waals surface area (Å²) in [5.41, 5.74) is 1.35. The van der Waals surface area contributed by atoms with Gasteiger partial charge in [-0.15, -0.1) is 0 Å². The third kappa shape index (κ3) is 2.51. The molecule has 2 heteroatoms. The summed E-state index contributed by atoms with van der Waals surface area (Å²) in [5.74, 6) is 1.75. The van der Waals surface area contributed by atoms with E-state index in [-0.39, 0.29) is 0 Å². The van der Waals surface area contributed by atoms with Gasteiger partial charge in [0.15, 0.2) is 0 Å². The highest BCUT2D eigenvalue weighted by Gasteiger charge is 2.20. The molecule has 0 aromatic heterocycles. The van der Waals surface area contributed by atoms with Crippen molar-refractivity contribution < 1.29 is 5.11 Å². The second-order valence-corrected chi connectivity index (χ2v) is 4.47. The lowest BCUT2D eigenvalue weighted by atomic mass is 9.82. The fourth-order valence-corrected chi connectivity index (χ4v) is 2.39. The lowest BCUT2D eigenvalue weighted by Gasteiger charge is -2.28. The SMILES string of the molecule is CC(c1ccc(O)cc1)C1CCNCC1. The van der Waals surface area contributed by atoms with Crippen LogP contribution in [0.5, 0.6) is 5.75 Å². The van der Waals surface area contributed by atoms with E-state index in [1.54, 1.807) is 12.1 Å². The molecule has 1 saturated heterocycles. The Labute approximate surface area is 91.3 Å². The molecular weight excluding hydrogens is 186 g/mol. The minimum Gasteiger partial charge on any atom is -0.508 e. The van der Waals surface area contributed by atoms with Gasteiger partial charge in [-0.3, -0.25) is 0 Å². The standard InChI is InChI=1S/C13H19NO/c1-10(12-6-8-14-9-7-12)11-2-4-13(15)5-3-11/h2-5,10,12,14-15H,6-9H2,1H3. The van der Waals surface area contributed by atoms with E-state index in [1.807, 2.05) is 12.1 Å².